The predicted octanol–water partition coefficient (Wildman–Crippen LogP) is 4.41. The fourth-order valence-electron chi connectivity index (χ4n) is 2.92. The van der Waals surface area contributed by atoms with Gasteiger partial charge in [-0.2, -0.15) is 5.26 Å². The lowest BCUT2D eigenvalue weighted by atomic mass is 9.82. The molecular weight excluding hydrogens is 364 g/mol. The fraction of sp³-hybridized carbons (Fsp3) is 0.200. The Morgan fingerprint density at radius 3 is 2.58 bits per heavy atom. The van der Waals surface area contributed by atoms with Gasteiger partial charge in [0.1, 0.15) is 5.92 Å². The summed E-state index contributed by atoms with van der Waals surface area (Å²) in [5, 5.41) is 12.3. The Morgan fingerprint density at radius 2 is 1.96 bits per heavy atom. The summed E-state index contributed by atoms with van der Waals surface area (Å²) in [5.74, 6) is -1.24. The largest absolute Gasteiger partial charge is 0.325 e. The average Bonchev–Trinajstić information content (AvgIpc) is 2.61. The summed E-state index contributed by atoms with van der Waals surface area (Å²) in [6, 6.07) is 18.0. The van der Waals surface area contributed by atoms with Crippen molar-refractivity contribution in [3.63, 3.8) is 0 Å². The molecule has 1 amide bonds. The van der Waals surface area contributed by atoms with Crippen LogP contribution in [0, 0.1) is 17.2 Å². The first-order chi connectivity index (χ1) is 11.6. The topological polar surface area (TPSA) is 52.9 Å². The maximum absolute atomic E-state index is 12.4. The number of aryl methyl sites for hydroxylation is 1. The van der Waals surface area contributed by atoms with Crippen LogP contribution in [-0.4, -0.2) is 5.91 Å². The summed E-state index contributed by atoms with van der Waals surface area (Å²) >= 11 is 3.46. The van der Waals surface area contributed by atoms with Gasteiger partial charge in [-0.25, -0.2) is 0 Å². The van der Waals surface area contributed by atoms with Crippen molar-refractivity contribution in [1.29, 1.82) is 5.26 Å². The lowest BCUT2D eigenvalue weighted by Gasteiger charge is -2.26. The monoisotopic (exact) mass is 380 g/mol. The molecule has 3 rings (SSSR count). The molecule has 2 aromatic rings. The second kappa shape index (κ2) is 7.02. The third-order valence-electron chi connectivity index (χ3n) is 4.29. The van der Waals surface area contributed by atoms with Crippen LogP contribution in [0.25, 0.3) is 5.70 Å². The van der Waals surface area contributed by atoms with E-state index < -0.39 is 5.92 Å². The second-order valence-electron chi connectivity index (χ2n) is 5.81. The van der Waals surface area contributed by atoms with Gasteiger partial charge in [-0.05, 0) is 35.2 Å². The summed E-state index contributed by atoms with van der Waals surface area (Å²) < 4.78 is 0.935. The number of carbonyl (C=O) groups excluding carboxylic acids is 1. The molecule has 0 spiro atoms. The molecule has 1 N–H and O–H groups in total. The van der Waals surface area contributed by atoms with E-state index in [2.05, 4.69) is 46.4 Å². The minimum atomic E-state index is -0.724. The van der Waals surface area contributed by atoms with E-state index >= 15 is 0 Å². The number of nitrogens with one attached hydrogen (secondary N) is 1. The fourth-order valence-corrected chi connectivity index (χ4v) is 3.34. The third-order valence-corrected chi connectivity index (χ3v) is 4.78. The Bertz CT molecular complexity index is 833. The van der Waals surface area contributed by atoms with Crippen LogP contribution in [0.5, 0.6) is 0 Å². The van der Waals surface area contributed by atoms with Gasteiger partial charge in [0.2, 0.25) is 5.91 Å². The van der Waals surface area contributed by atoms with E-state index in [9.17, 15) is 10.1 Å². The van der Waals surface area contributed by atoms with Gasteiger partial charge in [-0.3, -0.25) is 4.79 Å². The van der Waals surface area contributed by atoms with Gasteiger partial charge < -0.3 is 5.32 Å². The molecule has 2 unspecified atom stereocenters. The maximum atomic E-state index is 12.4. The number of carbonyl (C=O) groups is 1. The van der Waals surface area contributed by atoms with E-state index in [4.69, 9.17) is 0 Å². The van der Waals surface area contributed by atoms with Crippen LogP contribution in [0.15, 0.2) is 59.1 Å². The van der Waals surface area contributed by atoms with Crippen molar-refractivity contribution in [2.24, 2.45) is 5.92 Å². The smallest absolute Gasteiger partial charge is 0.242 e. The first kappa shape index (κ1) is 16.5. The van der Waals surface area contributed by atoms with Gasteiger partial charge in [0, 0.05) is 16.1 Å². The Hall–Kier alpha value is -2.38. The van der Waals surface area contributed by atoms with Gasteiger partial charge in [-0.1, -0.05) is 65.3 Å². The van der Waals surface area contributed by atoms with Crippen LogP contribution in [-0.2, 0) is 11.2 Å². The number of allylic oxidation sites excluding steroid dienone is 1. The van der Waals surface area contributed by atoms with Crippen LogP contribution in [0.3, 0.4) is 0 Å². The molecule has 2 atom stereocenters. The molecule has 0 aromatic heterocycles. The normalized spacial score (nSPS) is 20.0. The van der Waals surface area contributed by atoms with Crippen molar-refractivity contribution < 1.29 is 4.79 Å². The van der Waals surface area contributed by atoms with Crippen molar-refractivity contribution in [3.05, 3.63) is 75.8 Å². The molecule has 0 bridgehead atoms. The van der Waals surface area contributed by atoms with Crippen LogP contribution < -0.4 is 5.32 Å². The highest BCUT2D eigenvalue weighted by molar-refractivity contribution is 9.10. The highest BCUT2D eigenvalue weighted by atomic mass is 79.9. The number of rotatable bonds is 3. The van der Waals surface area contributed by atoms with E-state index in [1.165, 1.54) is 5.56 Å². The van der Waals surface area contributed by atoms with Crippen molar-refractivity contribution in [2.75, 3.05) is 0 Å². The number of halogens is 1. The molecule has 1 heterocycles. The number of hydrogen-bond acceptors (Lipinski definition) is 2. The van der Waals surface area contributed by atoms with Gasteiger partial charge in [0.25, 0.3) is 0 Å². The molecule has 0 aliphatic carbocycles. The minimum Gasteiger partial charge on any atom is -0.325 e. The van der Waals surface area contributed by atoms with E-state index in [0.29, 0.717) is 0 Å². The van der Waals surface area contributed by atoms with Gasteiger partial charge >= 0.3 is 0 Å². The Morgan fingerprint density at radius 1 is 1.21 bits per heavy atom. The zero-order chi connectivity index (χ0) is 17.1. The predicted molar refractivity (Wildman–Crippen MR) is 97.9 cm³/mol. The Labute approximate surface area is 150 Å². The molecule has 0 saturated carbocycles. The summed E-state index contributed by atoms with van der Waals surface area (Å²) in [6.07, 6.45) is 2.96. The standard InChI is InChI=1S/C20H17BrN2O/c1-2-13-6-8-14(9-7-13)19-11-17(18(12-22)20(24)23-19)15-4-3-5-16(21)10-15/h3-11,17-18H,2H2,1H3,(H,23,24). The second-order valence-corrected chi connectivity index (χ2v) is 6.72. The quantitative estimate of drug-likeness (QED) is 0.857. The van der Waals surface area contributed by atoms with Gasteiger partial charge in [0.05, 0.1) is 6.07 Å². The molecule has 120 valence electrons. The van der Waals surface area contributed by atoms with Gasteiger partial charge in [-0.15, -0.1) is 0 Å². The van der Waals surface area contributed by atoms with Crippen molar-refractivity contribution in [3.8, 4) is 6.07 Å². The molecule has 3 nitrogen and oxygen atoms in total. The minimum absolute atomic E-state index is 0.250. The van der Waals surface area contributed by atoms with Crippen LogP contribution in [0.1, 0.15) is 29.5 Å². The van der Waals surface area contributed by atoms with Crippen LogP contribution in [0.4, 0.5) is 0 Å². The molecule has 4 heteroatoms. The third kappa shape index (κ3) is 3.27. The van der Waals surface area contributed by atoms with E-state index in [0.717, 1.165) is 27.7 Å². The number of nitriles is 1. The summed E-state index contributed by atoms with van der Waals surface area (Å²) in [5.41, 5.74) is 3.92. The number of hydrogen-bond donors (Lipinski definition) is 1. The maximum Gasteiger partial charge on any atom is 0.242 e. The molecule has 0 fully saturated rings. The number of benzene rings is 2. The summed E-state index contributed by atoms with van der Waals surface area (Å²) in [4.78, 5) is 12.4. The molecule has 2 aromatic carbocycles. The van der Waals surface area contributed by atoms with Crippen LogP contribution in [0.2, 0.25) is 0 Å². The Kier molecular flexibility index (Phi) is 4.82. The SMILES string of the molecule is CCc1ccc(C2=CC(c3cccc(Br)c3)C(C#N)C(=O)N2)cc1. The molecule has 1 aliphatic rings. The van der Waals surface area contributed by atoms with Crippen molar-refractivity contribution in [1.82, 2.24) is 5.32 Å². The summed E-state index contributed by atoms with van der Waals surface area (Å²) in [7, 11) is 0. The molecule has 1 aliphatic heterocycles. The average molecular weight is 381 g/mol. The number of amides is 1. The van der Waals surface area contributed by atoms with Crippen LogP contribution >= 0.6 is 15.9 Å². The van der Waals surface area contributed by atoms with Crippen molar-refractivity contribution in [2.45, 2.75) is 19.3 Å². The van der Waals surface area contributed by atoms with E-state index in [1.54, 1.807) is 0 Å². The highest BCUT2D eigenvalue weighted by Crippen LogP contribution is 2.34. The lowest BCUT2D eigenvalue weighted by Crippen LogP contribution is -2.36. The summed E-state index contributed by atoms with van der Waals surface area (Å²) in [6.45, 7) is 2.11. The van der Waals surface area contributed by atoms with Gasteiger partial charge in [0.15, 0.2) is 0 Å². The number of nitrogens with zero attached hydrogens (tertiary/aromatic N) is 1. The first-order valence-corrected chi connectivity index (χ1v) is 8.68. The first-order valence-electron chi connectivity index (χ1n) is 7.89. The lowest BCUT2D eigenvalue weighted by molar-refractivity contribution is -0.122. The zero-order valence-corrected chi connectivity index (χ0v) is 14.9. The Balaban J connectivity index is 2.03. The van der Waals surface area contributed by atoms with E-state index in [-0.39, 0.29) is 11.8 Å². The molecule has 0 saturated heterocycles. The van der Waals surface area contributed by atoms with Crippen molar-refractivity contribution >= 4 is 27.5 Å². The molecule has 0 radical (unpaired) electrons. The zero-order valence-electron chi connectivity index (χ0n) is 13.3. The highest BCUT2D eigenvalue weighted by Gasteiger charge is 2.33. The molecular formula is C20H17BrN2O. The molecule has 24 heavy (non-hydrogen) atoms. The van der Waals surface area contributed by atoms with E-state index in [1.807, 2.05) is 42.5 Å².